The third-order valence-electron chi connectivity index (χ3n) is 2.41. The van der Waals surface area contributed by atoms with E-state index in [1.807, 2.05) is 0 Å². The summed E-state index contributed by atoms with van der Waals surface area (Å²) in [6.45, 7) is 0.836. The average Bonchev–Trinajstić information content (AvgIpc) is 2.46. The minimum Gasteiger partial charge on any atom is -0.492 e. The van der Waals surface area contributed by atoms with Crippen molar-refractivity contribution in [1.29, 1.82) is 0 Å². The number of carbonyl (C=O) groups excluding carboxylic acids is 1. The van der Waals surface area contributed by atoms with Gasteiger partial charge in [0.1, 0.15) is 12.4 Å². The molecule has 0 saturated carbocycles. The molecule has 1 aromatic carbocycles. The Morgan fingerprint density at radius 3 is 2.53 bits per heavy atom. The number of carbonyl (C=O) groups is 1. The molecule has 19 heavy (non-hydrogen) atoms. The van der Waals surface area contributed by atoms with Gasteiger partial charge in [-0.2, -0.15) is 0 Å². The smallest absolute Gasteiger partial charge is 0.251 e. The van der Waals surface area contributed by atoms with Crippen molar-refractivity contribution in [2.45, 2.75) is 0 Å². The van der Waals surface area contributed by atoms with E-state index >= 15 is 0 Å². The van der Waals surface area contributed by atoms with Gasteiger partial charge in [0.05, 0.1) is 6.54 Å². The third kappa shape index (κ3) is 4.26. The minimum absolute atomic E-state index is 0.137. The fourth-order valence-corrected chi connectivity index (χ4v) is 1.60. The highest BCUT2D eigenvalue weighted by Gasteiger charge is 2.03. The Bertz CT molecular complexity index is 529. The molecule has 0 spiro atoms. The van der Waals surface area contributed by atoms with E-state index in [1.165, 1.54) is 0 Å². The van der Waals surface area contributed by atoms with E-state index in [9.17, 15) is 4.79 Å². The Hall–Kier alpha value is -2.07. The summed E-state index contributed by atoms with van der Waals surface area (Å²) in [4.78, 5) is 15.5. The second kappa shape index (κ2) is 6.75. The van der Waals surface area contributed by atoms with E-state index in [4.69, 9.17) is 16.3 Å². The number of hydrogen-bond donors (Lipinski definition) is 1. The fraction of sp³-hybridized carbons (Fsp3) is 0.143. The lowest BCUT2D eigenvalue weighted by Crippen LogP contribution is -2.28. The largest absolute Gasteiger partial charge is 0.492 e. The standard InChI is InChI=1S/C14H13ClN2O2/c15-12-1-3-13(4-2-12)19-10-9-17-14(18)11-5-7-16-8-6-11/h1-8H,9-10H2,(H,17,18). The quantitative estimate of drug-likeness (QED) is 0.854. The first kappa shape index (κ1) is 13.4. The molecule has 0 saturated heterocycles. The zero-order valence-electron chi connectivity index (χ0n) is 10.2. The summed E-state index contributed by atoms with van der Waals surface area (Å²) >= 11 is 5.76. The van der Waals surface area contributed by atoms with Gasteiger partial charge in [-0.3, -0.25) is 9.78 Å². The Balaban J connectivity index is 1.72. The molecule has 0 radical (unpaired) electrons. The molecule has 2 aromatic rings. The van der Waals surface area contributed by atoms with E-state index in [-0.39, 0.29) is 5.91 Å². The molecule has 2 rings (SSSR count). The SMILES string of the molecule is O=C(NCCOc1ccc(Cl)cc1)c1ccncc1. The lowest BCUT2D eigenvalue weighted by atomic mass is 10.2. The second-order valence-electron chi connectivity index (χ2n) is 3.79. The maximum atomic E-state index is 11.7. The highest BCUT2D eigenvalue weighted by Crippen LogP contribution is 2.15. The van der Waals surface area contributed by atoms with Gasteiger partial charge in [-0.05, 0) is 36.4 Å². The van der Waals surface area contributed by atoms with Crippen LogP contribution < -0.4 is 10.1 Å². The van der Waals surface area contributed by atoms with E-state index in [0.29, 0.717) is 23.7 Å². The molecule has 0 atom stereocenters. The summed E-state index contributed by atoms with van der Waals surface area (Å²) in [6, 6.07) is 10.4. The number of ether oxygens (including phenoxy) is 1. The van der Waals surface area contributed by atoms with Crippen molar-refractivity contribution in [3.63, 3.8) is 0 Å². The molecule has 0 aliphatic carbocycles. The molecular formula is C14H13ClN2O2. The monoisotopic (exact) mass is 276 g/mol. The number of benzene rings is 1. The van der Waals surface area contributed by atoms with E-state index in [2.05, 4.69) is 10.3 Å². The van der Waals surface area contributed by atoms with E-state index in [0.717, 1.165) is 5.75 Å². The third-order valence-corrected chi connectivity index (χ3v) is 2.66. The highest BCUT2D eigenvalue weighted by molar-refractivity contribution is 6.30. The van der Waals surface area contributed by atoms with Gasteiger partial charge < -0.3 is 10.1 Å². The molecule has 1 aromatic heterocycles. The fourth-order valence-electron chi connectivity index (χ4n) is 1.47. The van der Waals surface area contributed by atoms with Crippen LogP contribution in [0.4, 0.5) is 0 Å². The predicted octanol–water partition coefficient (Wildman–Crippen LogP) is 2.54. The van der Waals surface area contributed by atoms with Crippen LogP contribution in [0.5, 0.6) is 5.75 Å². The zero-order chi connectivity index (χ0) is 13.5. The van der Waals surface area contributed by atoms with Crippen molar-refractivity contribution >= 4 is 17.5 Å². The van der Waals surface area contributed by atoms with Crippen LogP contribution in [0, 0.1) is 0 Å². The lowest BCUT2D eigenvalue weighted by molar-refractivity contribution is 0.0947. The second-order valence-corrected chi connectivity index (χ2v) is 4.23. The Morgan fingerprint density at radius 2 is 1.84 bits per heavy atom. The van der Waals surface area contributed by atoms with Crippen LogP contribution in [0.15, 0.2) is 48.8 Å². The summed E-state index contributed by atoms with van der Waals surface area (Å²) in [5.74, 6) is 0.588. The summed E-state index contributed by atoms with van der Waals surface area (Å²) in [7, 11) is 0. The summed E-state index contributed by atoms with van der Waals surface area (Å²) in [6.07, 6.45) is 3.16. The topological polar surface area (TPSA) is 51.2 Å². The van der Waals surface area contributed by atoms with Gasteiger partial charge in [-0.1, -0.05) is 11.6 Å². The zero-order valence-corrected chi connectivity index (χ0v) is 10.9. The molecule has 0 bridgehead atoms. The van der Waals surface area contributed by atoms with E-state index in [1.54, 1.807) is 48.8 Å². The molecule has 98 valence electrons. The molecule has 1 N–H and O–H groups in total. The Kier molecular flexibility index (Phi) is 4.75. The van der Waals surface area contributed by atoms with Crippen LogP contribution >= 0.6 is 11.6 Å². The lowest BCUT2D eigenvalue weighted by Gasteiger charge is -2.07. The van der Waals surface area contributed by atoms with Gasteiger partial charge in [0.2, 0.25) is 0 Å². The normalized spacial score (nSPS) is 9.95. The number of halogens is 1. The first-order chi connectivity index (χ1) is 9.25. The molecule has 0 aliphatic heterocycles. The number of pyridine rings is 1. The van der Waals surface area contributed by atoms with Gasteiger partial charge in [-0.15, -0.1) is 0 Å². The van der Waals surface area contributed by atoms with Crippen LogP contribution in [-0.2, 0) is 0 Å². The van der Waals surface area contributed by atoms with Gasteiger partial charge in [0.15, 0.2) is 0 Å². The number of hydrogen-bond acceptors (Lipinski definition) is 3. The number of amides is 1. The highest BCUT2D eigenvalue weighted by atomic mass is 35.5. The van der Waals surface area contributed by atoms with Crippen LogP contribution in [0.25, 0.3) is 0 Å². The average molecular weight is 277 g/mol. The van der Waals surface area contributed by atoms with Crippen molar-refractivity contribution in [3.05, 3.63) is 59.4 Å². The van der Waals surface area contributed by atoms with Crippen LogP contribution in [-0.4, -0.2) is 24.0 Å². The number of nitrogens with one attached hydrogen (secondary N) is 1. The molecule has 1 heterocycles. The molecule has 0 aliphatic rings. The molecule has 4 nitrogen and oxygen atoms in total. The van der Waals surface area contributed by atoms with Gasteiger partial charge in [0.25, 0.3) is 5.91 Å². The maximum absolute atomic E-state index is 11.7. The Labute approximate surface area is 116 Å². The molecular weight excluding hydrogens is 264 g/mol. The minimum atomic E-state index is -0.137. The number of rotatable bonds is 5. The van der Waals surface area contributed by atoms with E-state index < -0.39 is 0 Å². The van der Waals surface area contributed by atoms with Gasteiger partial charge in [-0.25, -0.2) is 0 Å². The molecule has 5 heteroatoms. The van der Waals surface area contributed by atoms with Crippen molar-refractivity contribution in [2.75, 3.05) is 13.2 Å². The van der Waals surface area contributed by atoms with Crippen LogP contribution in [0.2, 0.25) is 5.02 Å². The predicted molar refractivity (Wildman–Crippen MR) is 73.5 cm³/mol. The first-order valence-electron chi connectivity index (χ1n) is 5.82. The summed E-state index contributed by atoms with van der Waals surface area (Å²) in [5, 5.41) is 3.43. The van der Waals surface area contributed by atoms with Crippen molar-refractivity contribution in [1.82, 2.24) is 10.3 Å². The van der Waals surface area contributed by atoms with Crippen molar-refractivity contribution in [2.24, 2.45) is 0 Å². The molecule has 0 unspecified atom stereocenters. The van der Waals surface area contributed by atoms with Crippen molar-refractivity contribution in [3.8, 4) is 5.75 Å². The maximum Gasteiger partial charge on any atom is 0.251 e. The molecule has 0 fully saturated rings. The summed E-state index contributed by atoms with van der Waals surface area (Å²) < 4.78 is 5.46. The molecule has 1 amide bonds. The van der Waals surface area contributed by atoms with Crippen LogP contribution in [0.3, 0.4) is 0 Å². The first-order valence-corrected chi connectivity index (χ1v) is 6.20. The van der Waals surface area contributed by atoms with Crippen molar-refractivity contribution < 1.29 is 9.53 Å². The summed E-state index contributed by atoms with van der Waals surface area (Å²) in [5.41, 5.74) is 0.585. The van der Waals surface area contributed by atoms with Crippen LogP contribution in [0.1, 0.15) is 10.4 Å². The van der Waals surface area contributed by atoms with Gasteiger partial charge in [0, 0.05) is 23.0 Å². The van der Waals surface area contributed by atoms with Gasteiger partial charge >= 0.3 is 0 Å². The number of aromatic nitrogens is 1. The Morgan fingerprint density at radius 1 is 1.16 bits per heavy atom. The number of nitrogens with zero attached hydrogens (tertiary/aromatic N) is 1.